The number of rotatable bonds is 5. The van der Waals surface area contributed by atoms with Crippen LogP contribution in [0.4, 0.5) is 5.69 Å². The molecule has 1 saturated heterocycles. The van der Waals surface area contributed by atoms with Gasteiger partial charge in [0.2, 0.25) is 17.6 Å². The van der Waals surface area contributed by atoms with Gasteiger partial charge in [-0.2, -0.15) is 4.98 Å². The van der Waals surface area contributed by atoms with Gasteiger partial charge in [-0.3, -0.25) is 4.79 Å². The third kappa shape index (κ3) is 3.63. The highest BCUT2D eigenvalue weighted by molar-refractivity contribution is 5.97. The summed E-state index contributed by atoms with van der Waals surface area (Å²) in [5.74, 6) is 1.80. The van der Waals surface area contributed by atoms with Crippen LogP contribution in [0, 0.1) is 6.92 Å². The highest BCUT2D eigenvalue weighted by Crippen LogP contribution is 2.33. The lowest BCUT2D eigenvalue weighted by molar-refractivity contribution is -0.117. The molecular weight excluding hydrogens is 354 g/mol. The molecule has 0 N–H and O–H groups in total. The van der Waals surface area contributed by atoms with Crippen molar-refractivity contribution in [2.75, 3.05) is 11.4 Å². The number of ether oxygens (including phenoxy) is 1. The molecule has 3 aromatic rings. The summed E-state index contributed by atoms with van der Waals surface area (Å²) in [6.45, 7) is 6.53. The Balaban J connectivity index is 1.50. The minimum absolute atomic E-state index is 0.0780. The number of anilines is 1. The molecule has 4 rings (SSSR count). The molecule has 0 saturated carbocycles. The molecule has 1 unspecified atom stereocenters. The highest BCUT2D eigenvalue weighted by Gasteiger charge is 2.35. The van der Waals surface area contributed by atoms with Gasteiger partial charge < -0.3 is 14.2 Å². The van der Waals surface area contributed by atoms with Gasteiger partial charge in [-0.1, -0.05) is 23.4 Å². The molecule has 2 heterocycles. The van der Waals surface area contributed by atoms with Gasteiger partial charge in [0, 0.05) is 24.2 Å². The van der Waals surface area contributed by atoms with Crippen LogP contribution in [0.25, 0.3) is 11.4 Å². The van der Waals surface area contributed by atoms with E-state index in [1.165, 1.54) is 0 Å². The second kappa shape index (κ2) is 7.46. The van der Waals surface area contributed by atoms with Crippen molar-refractivity contribution < 1.29 is 14.1 Å². The Morgan fingerprint density at radius 2 is 1.89 bits per heavy atom. The minimum atomic E-state index is -0.100. The summed E-state index contributed by atoms with van der Waals surface area (Å²) < 4.78 is 11.1. The molecule has 6 nitrogen and oxygen atoms in total. The summed E-state index contributed by atoms with van der Waals surface area (Å²) in [7, 11) is 0. The van der Waals surface area contributed by atoms with Gasteiger partial charge in [0.15, 0.2) is 0 Å². The average molecular weight is 377 g/mol. The molecule has 1 aliphatic heterocycles. The van der Waals surface area contributed by atoms with E-state index < -0.39 is 0 Å². The maximum Gasteiger partial charge on any atom is 0.232 e. The highest BCUT2D eigenvalue weighted by atomic mass is 16.5. The predicted octanol–water partition coefficient (Wildman–Crippen LogP) is 4.35. The van der Waals surface area contributed by atoms with E-state index in [0.29, 0.717) is 24.7 Å². The number of carbonyl (C=O) groups excluding carboxylic acids is 1. The Morgan fingerprint density at radius 1 is 1.14 bits per heavy atom. The number of benzene rings is 2. The van der Waals surface area contributed by atoms with Crippen molar-refractivity contribution in [2.24, 2.45) is 0 Å². The van der Waals surface area contributed by atoms with Gasteiger partial charge in [0.1, 0.15) is 5.75 Å². The van der Waals surface area contributed by atoms with Gasteiger partial charge in [-0.15, -0.1) is 0 Å². The summed E-state index contributed by atoms with van der Waals surface area (Å²) in [4.78, 5) is 18.9. The molecule has 1 aliphatic rings. The Bertz CT molecular complexity index is 979. The zero-order valence-corrected chi connectivity index (χ0v) is 16.3. The van der Waals surface area contributed by atoms with Crippen molar-refractivity contribution in [3.8, 4) is 17.1 Å². The number of para-hydroxylation sites is 1. The van der Waals surface area contributed by atoms with E-state index in [1.807, 2.05) is 74.2 Å². The van der Waals surface area contributed by atoms with Crippen molar-refractivity contribution in [1.82, 2.24) is 10.1 Å². The van der Waals surface area contributed by atoms with Gasteiger partial charge in [0.25, 0.3) is 0 Å². The van der Waals surface area contributed by atoms with E-state index in [0.717, 1.165) is 22.6 Å². The predicted molar refractivity (Wildman–Crippen MR) is 106 cm³/mol. The van der Waals surface area contributed by atoms with Gasteiger partial charge in [0.05, 0.1) is 12.0 Å². The quantitative estimate of drug-likeness (QED) is 0.661. The first kappa shape index (κ1) is 18.2. The maximum absolute atomic E-state index is 12.5. The Hall–Kier alpha value is -3.15. The van der Waals surface area contributed by atoms with Crippen LogP contribution in [-0.4, -0.2) is 28.7 Å². The van der Waals surface area contributed by atoms with E-state index in [4.69, 9.17) is 9.26 Å². The second-order valence-electron chi connectivity index (χ2n) is 7.34. The molecule has 1 fully saturated rings. The van der Waals surface area contributed by atoms with Crippen LogP contribution in [0.5, 0.6) is 5.75 Å². The SMILES string of the molecule is Cc1ccccc1N1CC(c2nc(-c3ccc(OC(C)C)cc3)no2)CC1=O. The molecule has 1 aromatic heterocycles. The zero-order chi connectivity index (χ0) is 19.7. The monoisotopic (exact) mass is 377 g/mol. The number of hydrogen-bond acceptors (Lipinski definition) is 5. The fourth-order valence-electron chi connectivity index (χ4n) is 3.45. The molecule has 0 radical (unpaired) electrons. The number of nitrogens with zero attached hydrogens (tertiary/aromatic N) is 3. The van der Waals surface area contributed by atoms with E-state index in [-0.39, 0.29) is 17.9 Å². The molecule has 0 aliphatic carbocycles. The van der Waals surface area contributed by atoms with Crippen molar-refractivity contribution in [2.45, 2.75) is 39.2 Å². The lowest BCUT2D eigenvalue weighted by Gasteiger charge is -2.18. The summed E-state index contributed by atoms with van der Waals surface area (Å²) >= 11 is 0. The van der Waals surface area contributed by atoms with E-state index in [1.54, 1.807) is 0 Å². The van der Waals surface area contributed by atoms with Gasteiger partial charge in [-0.25, -0.2) is 0 Å². The van der Waals surface area contributed by atoms with E-state index in [9.17, 15) is 4.79 Å². The fraction of sp³-hybridized carbons (Fsp3) is 0.318. The molecular formula is C22H23N3O3. The second-order valence-corrected chi connectivity index (χ2v) is 7.34. The van der Waals surface area contributed by atoms with Crippen molar-refractivity contribution in [3.63, 3.8) is 0 Å². The van der Waals surface area contributed by atoms with E-state index >= 15 is 0 Å². The summed E-state index contributed by atoms with van der Waals surface area (Å²) in [5, 5.41) is 4.11. The van der Waals surface area contributed by atoms with E-state index in [2.05, 4.69) is 10.1 Å². The largest absolute Gasteiger partial charge is 0.491 e. The molecule has 0 bridgehead atoms. The molecule has 144 valence electrons. The Kier molecular flexibility index (Phi) is 4.86. The van der Waals surface area contributed by atoms with Crippen molar-refractivity contribution in [3.05, 3.63) is 60.0 Å². The number of aromatic nitrogens is 2. The van der Waals surface area contributed by atoms with Gasteiger partial charge >= 0.3 is 0 Å². The third-order valence-electron chi connectivity index (χ3n) is 4.81. The normalized spacial score (nSPS) is 16.8. The average Bonchev–Trinajstić information content (AvgIpc) is 3.29. The molecule has 1 atom stereocenters. The maximum atomic E-state index is 12.5. The standard InChI is InChI=1S/C22H23N3O3/c1-14(2)27-18-10-8-16(9-11-18)21-23-22(28-24-21)17-12-20(26)25(13-17)19-7-5-4-6-15(19)3/h4-11,14,17H,12-13H2,1-3H3. The number of aryl methyl sites for hydroxylation is 1. The summed E-state index contributed by atoms with van der Waals surface area (Å²) in [6.07, 6.45) is 0.496. The van der Waals surface area contributed by atoms with Gasteiger partial charge in [-0.05, 0) is 56.7 Å². The number of carbonyl (C=O) groups is 1. The first-order chi connectivity index (χ1) is 13.5. The lowest BCUT2D eigenvalue weighted by atomic mass is 10.1. The number of hydrogen-bond donors (Lipinski definition) is 0. The van der Waals surface area contributed by atoms with Crippen LogP contribution in [0.3, 0.4) is 0 Å². The minimum Gasteiger partial charge on any atom is -0.491 e. The van der Waals surface area contributed by atoms with Crippen LogP contribution in [0.15, 0.2) is 53.1 Å². The smallest absolute Gasteiger partial charge is 0.232 e. The van der Waals surface area contributed by atoms with Crippen molar-refractivity contribution >= 4 is 11.6 Å². The number of amides is 1. The van der Waals surface area contributed by atoms with Crippen LogP contribution in [-0.2, 0) is 4.79 Å². The fourth-order valence-corrected chi connectivity index (χ4v) is 3.45. The van der Waals surface area contributed by atoms with Crippen LogP contribution in [0.1, 0.15) is 37.6 Å². The van der Waals surface area contributed by atoms with Crippen LogP contribution >= 0.6 is 0 Å². The van der Waals surface area contributed by atoms with Crippen LogP contribution < -0.4 is 9.64 Å². The lowest BCUT2D eigenvalue weighted by Crippen LogP contribution is -2.25. The molecule has 28 heavy (non-hydrogen) atoms. The Morgan fingerprint density at radius 3 is 2.61 bits per heavy atom. The van der Waals surface area contributed by atoms with Crippen LogP contribution in [0.2, 0.25) is 0 Å². The van der Waals surface area contributed by atoms with Crippen molar-refractivity contribution in [1.29, 1.82) is 0 Å². The summed E-state index contributed by atoms with van der Waals surface area (Å²) in [5.41, 5.74) is 2.87. The molecule has 6 heteroatoms. The first-order valence-corrected chi connectivity index (χ1v) is 9.48. The Labute approximate surface area is 164 Å². The molecule has 1 amide bonds. The summed E-state index contributed by atoms with van der Waals surface area (Å²) in [6, 6.07) is 15.5. The zero-order valence-electron chi connectivity index (χ0n) is 16.3. The molecule has 2 aromatic carbocycles. The topological polar surface area (TPSA) is 68.5 Å². The third-order valence-corrected chi connectivity index (χ3v) is 4.81. The first-order valence-electron chi connectivity index (χ1n) is 9.48. The molecule has 0 spiro atoms.